The molecule has 1 saturated heterocycles. The predicted molar refractivity (Wildman–Crippen MR) is 126 cm³/mol. The van der Waals surface area contributed by atoms with Crippen molar-refractivity contribution in [3.05, 3.63) is 17.1 Å². The van der Waals surface area contributed by atoms with Gasteiger partial charge in [-0.3, -0.25) is 9.59 Å². The van der Waals surface area contributed by atoms with E-state index in [4.69, 9.17) is 27.8 Å². The van der Waals surface area contributed by atoms with Crippen LogP contribution in [0.3, 0.4) is 0 Å². The van der Waals surface area contributed by atoms with E-state index in [1.54, 1.807) is 6.20 Å². The molecule has 1 aliphatic rings. The number of hydrogen-bond donors (Lipinski definition) is 3. The zero-order valence-electron chi connectivity index (χ0n) is 17.7. The molecule has 3 rings (SSSR count). The van der Waals surface area contributed by atoms with Crippen LogP contribution in [0.5, 0.6) is 0 Å². The highest BCUT2D eigenvalue weighted by Gasteiger charge is 2.25. The number of thiophene rings is 1. The van der Waals surface area contributed by atoms with Gasteiger partial charge in [0.25, 0.3) is 5.91 Å². The highest BCUT2D eigenvalue weighted by Crippen LogP contribution is 2.39. The largest absolute Gasteiger partial charge is 0.397 e. The van der Waals surface area contributed by atoms with Crippen molar-refractivity contribution in [1.82, 2.24) is 10.3 Å². The van der Waals surface area contributed by atoms with Gasteiger partial charge in [0, 0.05) is 37.6 Å². The molecule has 170 valence electrons. The number of alkyl halides is 1. The van der Waals surface area contributed by atoms with Crippen molar-refractivity contribution in [2.75, 3.05) is 43.5 Å². The van der Waals surface area contributed by atoms with Crippen LogP contribution in [0.25, 0.3) is 10.2 Å². The first-order valence-electron chi connectivity index (χ1n) is 10.6. The summed E-state index contributed by atoms with van der Waals surface area (Å²) >= 11 is 7.10. The van der Waals surface area contributed by atoms with Crippen LogP contribution < -0.4 is 21.7 Å². The van der Waals surface area contributed by atoms with E-state index in [-0.39, 0.29) is 11.3 Å². The summed E-state index contributed by atoms with van der Waals surface area (Å²) in [7, 11) is 0. The van der Waals surface area contributed by atoms with Crippen molar-refractivity contribution in [2.45, 2.75) is 38.0 Å². The SMILES string of the molecule is CC(Cl)CCC(=O)NCCOCC1CCCN(c2ccnc3sc(C(N)=O)c(N)c23)C1. The first-order valence-corrected chi connectivity index (χ1v) is 11.8. The number of ether oxygens (including phenoxy) is 1. The topological polar surface area (TPSA) is 124 Å². The van der Waals surface area contributed by atoms with Crippen LogP contribution in [-0.2, 0) is 9.53 Å². The van der Waals surface area contributed by atoms with Gasteiger partial charge in [-0.05, 0) is 38.2 Å². The molecule has 2 aromatic heterocycles. The third-order valence-corrected chi connectivity index (χ3v) is 6.73. The summed E-state index contributed by atoms with van der Waals surface area (Å²) in [5.74, 6) is -0.147. The second-order valence-corrected chi connectivity index (χ2v) is 9.66. The van der Waals surface area contributed by atoms with Crippen molar-refractivity contribution in [2.24, 2.45) is 11.7 Å². The number of halogens is 1. The number of fused-ring (bicyclic) bond motifs is 1. The van der Waals surface area contributed by atoms with Crippen LogP contribution in [-0.4, -0.2) is 55.0 Å². The molecule has 5 N–H and O–H groups in total. The van der Waals surface area contributed by atoms with Crippen LogP contribution in [0.4, 0.5) is 11.4 Å². The lowest BCUT2D eigenvalue weighted by Crippen LogP contribution is -2.37. The quantitative estimate of drug-likeness (QED) is 0.364. The molecule has 3 heterocycles. The number of carbonyl (C=O) groups excluding carboxylic acids is 2. The van der Waals surface area contributed by atoms with E-state index in [9.17, 15) is 9.59 Å². The van der Waals surface area contributed by atoms with Gasteiger partial charge in [-0.1, -0.05) is 0 Å². The lowest BCUT2D eigenvalue weighted by atomic mass is 9.98. The molecule has 2 atom stereocenters. The Kier molecular flexibility index (Phi) is 8.34. The molecular weight excluding hydrogens is 438 g/mol. The first-order chi connectivity index (χ1) is 14.9. The van der Waals surface area contributed by atoms with Gasteiger partial charge in [0.2, 0.25) is 5.91 Å². The predicted octanol–water partition coefficient (Wildman–Crippen LogP) is 2.73. The molecule has 1 aliphatic heterocycles. The number of aromatic nitrogens is 1. The molecule has 0 saturated carbocycles. The average molecular weight is 468 g/mol. The van der Waals surface area contributed by atoms with Gasteiger partial charge in [0.05, 0.1) is 30.0 Å². The summed E-state index contributed by atoms with van der Waals surface area (Å²) in [4.78, 5) is 31.1. The number of anilines is 2. The number of piperidine rings is 1. The fraction of sp³-hybridized carbons (Fsp3) is 0.571. The number of primary amides is 1. The minimum Gasteiger partial charge on any atom is -0.397 e. The maximum absolute atomic E-state index is 11.7. The Bertz CT molecular complexity index is 920. The van der Waals surface area contributed by atoms with Gasteiger partial charge in [-0.2, -0.15) is 0 Å². The van der Waals surface area contributed by atoms with Gasteiger partial charge < -0.3 is 26.4 Å². The standard InChI is InChI=1S/C21H30ClN5O3S/c1-13(22)4-5-16(28)25-8-10-30-12-14-3-2-9-27(11-14)15-6-7-26-21-17(15)18(23)19(31-21)20(24)29/h6-7,13-14H,2-5,8-12,23H2,1H3,(H2,24,29)(H,25,28). The summed E-state index contributed by atoms with van der Waals surface area (Å²) in [6.45, 7) is 5.23. The summed E-state index contributed by atoms with van der Waals surface area (Å²) in [5, 5.41) is 3.66. The van der Waals surface area contributed by atoms with Gasteiger partial charge in [-0.15, -0.1) is 22.9 Å². The number of nitrogens with one attached hydrogen (secondary N) is 1. The molecule has 0 radical (unpaired) electrons. The number of nitrogens with zero attached hydrogens (tertiary/aromatic N) is 2. The molecule has 0 spiro atoms. The molecule has 0 aromatic carbocycles. The molecule has 0 bridgehead atoms. The second kappa shape index (κ2) is 11.0. The lowest BCUT2D eigenvalue weighted by molar-refractivity contribution is -0.121. The van der Waals surface area contributed by atoms with Crippen LogP contribution in [0.2, 0.25) is 0 Å². The van der Waals surface area contributed by atoms with E-state index in [0.717, 1.165) is 41.8 Å². The third kappa shape index (κ3) is 6.21. The van der Waals surface area contributed by atoms with E-state index in [0.29, 0.717) is 49.1 Å². The van der Waals surface area contributed by atoms with Crippen molar-refractivity contribution < 1.29 is 14.3 Å². The van der Waals surface area contributed by atoms with E-state index in [2.05, 4.69) is 15.2 Å². The van der Waals surface area contributed by atoms with Crippen LogP contribution >= 0.6 is 22.9 Å². The lowest BCUT2D eigenvalue weighted by Gasteiger charge is -2.34. The van der Waals surface area contributed by atoms with Crippen molar-refractivity contribution >= 4 is 56.3 Å². The van der Waals surface area contributed by atoms with E-state index < -0.39 is 5.91 Å². The van der Waals surface area contributed by atoms with Crippen molar-refractivity contribution in [3.8, 4) is 0 Å². The zero-order valence-corrected chi connectivity index (χ0v) is 19.3. The number of carbonyl (C=O) groups is 2. The van der Waals surface area contributed by atoms with Crippen molar-refractivity contribution in [1.29, 1.82) is 0 Å². The molecule has 1 fully saturated rings. The van der Waals surface area contributed by atoms with Crippen LogP contribution in [0, 0.1) is 5.92 Å². The number of amides is 2. The summed E-state index contributed by atoms with van der Waals surface area (Å²) in [6.07, 6.45) is 4.97. The molecule has 31 heavy (non-hydrogen) atoms. The van der Waals surface area contributed by atoms with Gasteiger partial charge in [-0.25, -0.2) is 4.98 Å². The Morgan fingerprint density at radius 1 is 1.48 bits per heavy atom. The second-order valence-electron chi connectivity index (χ2n) is 7.92. The number of hydrogen-bond acceptors (Lipinski definition) is 7. The molecule has 0 aliphatic carbocycles. The minimum absolute atomic E-state index is 0.00434. The summed E-state index contributed by atoms with van der Waals surface area (Å²) in [6, 6.07) is 1.94. The maximum atomic E-state index is 11.7. The van der Waals surface area contributed by atoms with E-state index >= 15 is 0 Å². The molecular formula is C21H30ClN5O3S. The van der Waals surface area contributed by atoms with Crippen molar-refractivity contribution in [3.63, 3.8) is 0 Å². The Hall–Kier alpha value is -2.10. The fourth-order valence-corrected chi connectivity index (χ4v) is 4.87. The minimum atomic E-state index is -0.527. The highest BCUT2D eigenvalue weighted by atomic mass is 35.5. The summed E-state index contributed by atoms with van der Waals surface area (Å²) in [5.41, 5.74) is 13.1. The first kappa shape index (κ1) is 23.6. The maximum Gasteiger partial charge on any atom is 0.260 e. The number of pyridine rings is 1. The zero-order chi connectivity index (χ0) is 22.4. The number of nitrogens with two attached hydrogens (primary N) is 2. The van der Waals surface area contributed by atoms with E-state index in [1.165, 1.54) is 11.3 Å². The highest BCUT2D eigenvalue weighted by molar-refractivity contribution is 7.21. The molecule has 8 nitrogen and oxygen atoms in total. The van der Waals surface area contributed by atoms with Crippen LogP contribution in [0.1, 0.15) is 42.3 Å². The Morgan fingerprint density at radius 3 is 3.03 bits per heavy atom. The van der Waals surface area contributed by atoms with Gasteiger partial charge in [0.15, 0.2) is 0 Å². The molecule has 10 heteroatoms. The fourth-order valence-electron chi connectivity index (χ4n) is 3.83. The average Bonchev–Trinajstić information content (AvgIpc) is 3.09. The number of rotatable bonds is 10. The normalized spacial score (nSPS) is 17.6. The summed E-state index contributed by atoms with van der Waals surface area (Å²) < 4.78 is 5.82. The van der Waals surface area contributed by atoms with Gasteiger partial charge in [0.1, 0.15) is 9.71 Å². The van der Waals surface area contributed by atoms with Gasteiger partial charge >= 0.3 is 0 Å². The Morgan fingerprint density at radius 2 is 2.29 bits per heavy atom. The third-order valence-electron chi connectivity index (χ3n) is 5.38. The Balaban J connectivity index is 1.52. The Labute approximate surface area is 191 Å². The van der Waals surface area contributed by atoms with Crippen LogP contribution in [0.15, 0.2) is 12.3 Å². The monoisotopic (exact) mass is 467 g/mol. The smallest absolute Gasteiger partial charge is 0.260 e. The van der Waals surface area contributed by atoms with E-state index in [1.807, 2.05) is 13.0 Å². The molecule has 2 unspecified atom stereocenters. The number of nitrogen functional groups attached to an aromatic ring is 1. The molecule has 2 amide bonds. The molecule has 2 aromatic rings.